The maximum Gasteiger partial charge on any atom is 0.125 e. The standard InChI is InChI=1S/C14H16N2O2S/c1-10-14(16-6-8-18-9-7-16)19-13(15-10)11-2-4-12(17)5-3-11/h2-5,17H,6-9H2,1H3. The summed E-state index contributed by atoms with van der Waals surface area (Å²) < 4.78 is 5.38. The molecule has 1 N–H and O–H groups in total. The average molecular weight is 276 g/mol. The number of rotatable bonds is 2. The minimum Gasteiger partial charge on any atom is -0.508 e. The molecule has 0 spiro atoms. The molecule has 1 fully saturated rings. The molecule has 0 radical (unpaired) electrons. The van der Waals surface area contributed by atoms with Crippen LogP contribution in [0.15, 0.2) is 24.3 Å². The smallest absolute Gasteiger partial charge is 0.125 e. The summed E-state index contributed by atoms with van der Waals surface area (Å²) in [6.07, 6.45) is 0. The van der Waals surface area contributed by atoms with Gasteiger partial charge in [-0.2, -0.15) is 0 Å². The quantitative estimate of drug-likeness (QED) is 0.916. The van der Waals surface area contributed by atoms with Crippen LogP contribution in [0.4, 0.5) is 5.00 Å². The number of phenols is 1. The van der Waals surface area contributed by atoms with E-state index in [4.69, 9.17) is 4.74 Å². The fourth-order valence-electron chi connectivity index (χ4n) is 2.18. The van der Waals surface area contributed by atoms with Crippen molar-refractivity contribution in [1.82, 2.24) is 4.98 Å². The minimum atomic E-state index is 0.283. The van der Waals surface area contributed by atoms with Crippen LogP contribution in [0.25, 0.3) is 10.6 Å². The second-order valence-electron chi connectivity index (χ2n) is 4.56. The SMILES string of the molecule is Cc1nc(-c2ccc(O)cc2)sc1N1CCOCC1. The normalized spacial score (nSPS) is 15.7. The highest BCUT2D eigenvalue weighted by atomic mass is 32.1. The number of nitrogens with zero attached hydrogens (tertiary/aromatic N) is 2. The molecule has 2 heterocycles. The summed E-state index contributed by atoms with van der Waals surface area (Å²) in [7, 11) is 0. The van der Waals surface area contributed by atoms with Crippen molar-refractivity contribution in [1.29, 1.82) is 0 Å². The van der Waals surface area contributed by atoms with Crippen LogP contribution in [0.1, 0.15) is 5.69 Å². The Morgan fingerprint density at radius 2 is 1.89 bits per heavy atom. The third-order valence-electron chi connectivity index (χ3n) is 3.18. The first-order valence-corrected chi connectivity index (χ1v) is 7.15. The molecule has 5 heteroatoms. The Kier molecular flexibility index (Phi) is 3.40. The van der Waals surface area contributed by atoms with Crippen LogP contribution in [0.3, 0.4) is 0 Å². The number of aryl methyl sites for hydroxylation is 1. The summed E-state index contributed by atoms with van der Waals surface area (Å²) >= 11 is 1.70. The van der Waals surface area contributed by atoms with Gasteiger partial charge in [-0.25, -0.2) is 4.98 Å². The van der Waals surface area contributed by atoms with E-state index in [2.05, 4.69) is 9.88 Å². The van der Waals surface area contributed by atoms with Crippen molar-refractivity contribution in [3.05, 3.63) is 30.0 Å². The third-order valence-corrected chi connectivity index (χ3v) is 4.45. The summed E-state index contributed by atoms with van der Waals surface area (Å²) in [6.45, 7) is 5.47. The summed E-state index contributed by atoms with van der Waals surface area (Å²) in [5, 5.41) is 11.6. The first-order chi connectivity index (χ1) is 9.24. The van der Waals surface area contributed by atoms with Crippen molar-refractivity contribution >= 4 is 16.3 Å². The van der Waals surface area contributed by atoms with Gasteiger partial charge in [0.15, 0.2) is 0 Å². The number of anilines is 1. The van der Waals surface area contributed by atoms with Crippen molar-refractivity contribution < 1.29 is 9.84 Å². The summed E-state index contributed by atoms with van der Waals surface area (Å²) in [5.41, 5.74) is 2.11. The fourth-order valence-corrected chi connectivity index (χ4v) is 3.30. The van der Waals surface area contributed by atoms with Gasteiger partial charge in [0.2, 0.25) is 0 Å². The van der Waals surface area contributed by atoms with Gasteiger partial charge in [0.05, 0.1) is 18.9 Å². The second-order valence-corrected chi connectivity index (χ2v) is 5.53. The molecule has 1 saturated heterocycles. The summed E-state index contributed by atoms with van der Waals surface area (Å²) in [4.78, 5) is 6.97. The van der Waals surface area contributed by atoms with Crippen LogP contribution >= 0.6 is 11.3 Å². The van der Waals surface area contributed by atoms with E-state index in [-0.39, 0.29) is 5.75 Å². The van der Waals surface area contributed by atoms with Crippen molar-refractivity contribution in [2.45, 2.75) is 6.92 Å². The molecule has 4 nitrogen and oxygen atoms in total. The van der Waals surface area contributed by atoms with Gasteiger partial charge >= 0.3 is 0 Å². The predicted molar refractivity (Wildman–Crippen MR) is 77.0 cm³/mol. The monoisotopic (exact) mass is 276 g/mol. The topological polar surface area (TPSA) is 45.6 Å². The van der Waals surface area contributed by atoms with E-state index in [1.807, 2.05) is 19.1 Å². The molecule has 2 aromatic rings. The fraction of sp³-hybridized carbons (Fsp3) is 0.357. The van der Waals surface area contributed by atoms with Gasteiger partial charge in [-0.15, -0.1) is 0 Å². The van der Waals surface area contributed by atoms with E-state index < -0.39 is 0 Å². The van der Waals surface area contributed by atoms with Gasteiger partial charge < -0.3 is 14.7 Å². The van der Waals surface area contributed by atoms with E-state index in [9.17, 15) is 5.11 Å². The first-order valence-electron chi connectivity index (χ1n) is 6.33. The Bertz CT molecular complexity index is 559. The van der Waals surface area contributed by atoms with Gasteiger partial charge in [-0.1, -0.05) is 11.3 Å². The number of hydrogen-bond acceptors (Lipinski definition) is 5. The van der Waals surface area contributed by atoms with Crippen LogP contribution in [0.2, 0.25) is 0 Å². The zero-order chi connectivity index (χ0) is 13.2. The number of thiazole rings is 1. The molecule has 1 aliphatic heterocycles. The largest absolute Gasteiger partial charge is 0.508 e. The lowest BCUT2D eigenvalue weighted by Gasteiger charge is -2.27. The number of phenolic OH excluding ortho intramolecular Hbond substituents is 1. The lowest BCUT2D eigenvalue weighted by atomic mass is 10.2. The van der Waals surface area contributed by atoms with Crippen molar-refractivity contribution in [2.75, 3.05) is 31.2 Å². The van der Waals surface area contributed by atoms with E-state index in [1.165, 1.54) is 5.00 Å². The maximum atomic E-state index is 9.33. The van der Waals surface area contributed by atoms with Gasteiger partial charge in [-0.3, -0.25) is 0 Å². The van der Waals surface area contributed by atoms with Crippen LogP contribution in [0, 0.1) is 6.92 Å². The van der Waals surface area contributed by atoms with E-state index in [0.29, 0.717) is 0 Å². The first kappa shape index (κ1) is 12.4. The van der Waals surface area contributed by atoms with E-state index >= 15 is 0 Å². The molecule has 0 atom stereocenters. The average Bonchev–Trinajstić information content (AvgIpc) is 2.83. The number of ether oxygens (including phenoxy) is 1. The summed E-state index contributed by atoms with van der Waals surface area (Å²) in [6, 6.07) is 7.19. The molecule has 0 saturated carbocycles. The van der Waals surface area contributed by atoms with Crippen LogP contribution in [-0.4, -0.2) is 36.4 Å². The molecule has 0 aliphatic carbocycles. The molecule has 1 aliphatic rings. The van der Waals surface area contributed by atoms with Crippen LogP contribution in [0.5, 0.6) is 5.75 Å². The highest BCUT2D eigenvalue weighted by Gasteiger charge is 2.18. The molecule has 0 amide bonds. The lowest BCUT2D eigenvalue weighted by Crippen LogP contribution is -2.36. The number of hydrogen-bond donors (Lipinski definition) is 1. The lowest BCUT2D eigenvalue weighted by molar-refractivity contribution is 0.123. The molecule has 19 heavy (non-hydrogen) atoms. The highest BCUT2D eigenvalue weighted by molar-refractivity contribution is 7.19. The van der Waals surface area contributed by atoms with Gasteiger partial charge in [0.25, 0.3) is 0 Å². The molecule has 0 bridgehead atoms. The van der Waals surface area contributed by atoms with E-state index in [0.717, 1.165) is 42.6 Å². The molecular formula is C14H16N2O2S. The number of aromatic nitrogens is 1. The molecular weight excluding hydrogens is 260 g/mol. The maximum absolute atomic E-state index is 9.33. The predicted octanol–water partition coefficient (Wildman–Crippen LogP) is 2.66. The Hall–Kier alpha value is -1.59. The van der Waals surface area contributed by atoms with Crippen LogP contribution in [-0.2, 0) is 4.74 Å². The molecule has 1 aromatic carbocycles. The molecule has 0 unspecified atom stereocenters. The van der Waals surface area contributed by atoms with Gasteiger partial charge in [-0.05, 0) is 31.2 Å². The van der Waals surface area contributed by atoms with Crippen LogP contribution < -0.4 is 4.90 Å². The van der Waals surface area contributed by atoms with Gasteiger partial charge in [0, 0.05) is 18.7 Å². The van der Waals surface area contributed by atoms with Gasteiger partial charge in [0.1, 0.15) is 15.8 Å². The Morgan fingerprint density at radius 1 is 1.21 bits per heavy atom. The highest BCUT2D eigenvalue weighted by Crippen LogP contribution is 2.35. The Balaban J connectivity index is 1.90. The number of aromatic hydroxyl groups is 1. The van der Waals surface area contributed by atoms with Crippen molar-refractivity contribution in [2.24, 2.45) is 0 Å². The Labute approximate surface area is 116 Å². The third kappa shape index (κ3) is 2.57. The molecule has 1 aromatic heterocycles. The zero-order valence-electron chi connectivity index (χ0n) is 10.8. The van der Waals surface area contributed by atoms with E-state index in [1.54, 1.807) is 23.5 Å². The number of benzene rings is 1. The minimum absolute atomic E-state index is 0.283. The zero-order valence-corrected chi connectivity index (χ0v) is 11.6. The second kappa shape index (κ2) is 5.19. The molecule has 100 valence electrons. The summed E-state index contributed by atoms with van der Waals surface area (Å²) in [5.74, 6) is 0.283. The van der Waals surface area contributed by atoms with Crippen molar-refractivity contribution in [3.8, 4) is 16.3 Å². The van der Waals surface area contributed by atoms with Crippen molar-refractivity contribution in [3.63, 3.8) is 0 Å². The Morgan fingerprint density at radius 3 is 2.58 bits per heavy atom. The number of morpholine rings is 1. The molecule has 3 rings (SSSR count).